The summed E-state index contributed by atoms with van der Waals surface area (Å²) < 4.78 is 5.62. The van der Waals surface area contributed by atoms with Gasteiger partial charge in [0.05, 0.1) is 17.4 Å². The zero-order valence-electron chi connectivity index (χ0n) is 6.83. The Morgan fingerprint density at radius 1 is 1.55 bits per heavy atom. The van der Waals surface area contributed by atoms with E-state index < -0.39 is 0 Å². The summed E-state index contributed by atoms with van der Waals surface area (Å²) in [5.74, 6) is 0. The van der Waals surface area contributed by atoms with E-state index in [2.05, 4.69) is 6.07 Å². The molecule has 0 spiro atoms. The predicted molar refractivity (Wildman–Crippen MR) is 51.5 cm³/mol. The first-order valence-corrected chi connectivity index (χ1v) is 4.62. The molecule has 0 heterocycles. The van der Waals surface area contributed by atoms with E-state index in [1.165, 1.54) is 11.8 Å². The molecule has 0 rings (SSSR count). The topological polar surface area (TPSA) is 33.0 Å². The van der Waals surface area contributed by atoms with Gasteiger partial charge in [-0.15, -0.1) is 0 Å². The monoisotopic (exact) mass is 189 g/mol. The van der Waals surface area contributed by atoms with Crippen molar-refractivity contribution in [1.29, 1.82) is 5.26 Å². The van der Waals surface area contributed by atoms with E-state index in [9.17, 15) is 0 Å². The molecule has 0 fully saturated rings. The molecule has 4 heteroatoms. The van der Waals surface area contributed by atoms with Gasteiger partial charge in [-0.3, -0.25) is 0 Å². The molecular formula is C7H11NOS2. The Labute approximate surface area is 76.9 Å². The van der Waals surface area contributed by atoms with E-state index in [4.69, 9.17) is 22.2 Å². The van der Waals surface area contributed by atoms with Crippen LogP contribution in [0.15, 0.2) is 0 Å². The molecule has 0 aromatic carbocycles. The molecule has 1 atom stereocenters. The minimum absolute atomic E-state index is 0.0980. The zero-order valence-corrected chi connectivity index (χ0v) is 8.46. The molecule has 0 aliphatic rings. The molecule has 0 amide bonds. The molecule has 1 unspecified atom stereocenters. The van der Waals surface area contributed by atoms with Crippen molar-refractivity contribution in [2.45, 2.75) is 32.1 Å². The van der Waals surface area contributed by atoms with Gasteiger partial charge in [0.1, 0.15) is 0 Å². The molecule has 0 N–H and O–H groups in total. The van der Waals surface area contributed by atoms with Crippen molar-refractivity contribution in [3.05, 3.63) is 0 Å². The van der Waals surface area contributed by atoms with Crippen molar-refractivity contribution < 1.29 is 4.74 Å². The molecule has 0 bridgehead atoms. The third kappa shape index (κ3) is 6.14. The Morgan fingerprint density at radius 2 is 2.09 bits per heavy atom. The molecule has 62 valence electrons. The highest BCUT2D eigenvalue weighted by Crippen LogP contribution is 2.13. The van der Waals surface area contributed by atoms with Crippen LogP contribution in [0.2, 0.25) is 0 Å². The summed E-state index contributed by atoms with van der Waals surface area (Å²) in [6.07, 6.45) is 0.0980. The Balaban J connectivity index is 3.63. The largest absolute Gasteiger partial charge is 0.476 e. The van der Waals surface area contributed by atoms with Gasteiger partial charge in [-0.1, -0.05) is 11.8 Å². The van der Waals surface area contributed by atoms with Crippen LogP contribution in [0.25, 0.3) is 0 Å². The fourth-order valence-corrected chi connectivity index (χ4v) is 1.61. The minimum atomic E-state index is -0.124. The Kier molecular flexibility index (Phi) is 5.26. The number of thiocarbonyl (C=S) groups is 1. The highest BCUT2D eigenvalue weighted by atomic mass is 32.2. The molecule has 0 saturated carbocycles. The van der Waals surface area contributed by atoms with E-state index in [0.717, 1.165) is 0 Å². The maximum absolute atomic E-state index is 8.43. The number of nitrogens with zero attached hydrogens (tertiary/aromatic N) is 1. The fraction of sp³-hybridized carbons (Fsp3) is 0.714. The molecule has 0 saturated heterocycles. The van der Waals surface area contributed by atoms with Gasteiger partial charge >= 0.3 is 0 Å². The van der Waals surface area contributed by atoms with Crippen LogP contribution in [0.3, 0.4) is 0 Å². The van der Waals surface area contributed by atoms with Crippen molar-refractivity contribution in [2.24, 2.45) is 0 Å². The number of ether oxygens (including phenoxy) is 1. The molecule has 11 heavy (non-hydrogen) atoms. The molecule has 0 aliphatic heterocycles. The number of hydrogen-bond acceptors (Lipinski definition) is 4. The molecule has 0 aromatic rings. The molecule has 2 nitrogen and oxygen atoms in total. The normalized spacial score (nSPS) is 12.3. The third-order valence-corrected chi connectivity index (χ3v) is 1.92. The van der Waals surface area contributed by atoms with Crippen LogP contribution in [0, 0.1) is 11.3 Å². The van der Waals surface area contributed by atoms with Gasteiger partial charge in [-0.25, -0.2) is 0 Å². The lowest BCUT2D eigenvalue weighted by molar-refractivity contribution is 0.243. The van der Waals surface area contributed by atoms with E-state index in [1.807, 2.05) is 13.8 Å². The third-order valence-electron chi connectivity index (χ3n) is 0.787. The molecule has 0 aliphatic carbocycles. The van der Waals surface area contributed by atoms with Crippen LogP contribution >= 0.6 is 24.0 Å². The fourth-order valence-electron chi connectivity index (χ4n) is 0.391. The first-order chi connectivity index (χ1) is 5.06. The van der Waals surface area contributed by atoms with Gasteiger partial charge in [-0.05, 0) is 33.0 Å². The Morgan fingerprint density at radius 3 is 2.45 bits per heavy atom. The van der Waals surface area contributed by atoms with Crippen LogP contribution in [-0.2, 0) is 4.74 Å². The standard InChI is InChI=1S/C7H11NOS2/c1-5(2)9-7(10)11-6(3)4-8/h5-6H,1-3H3. The Hall–Kier alpha value is -0.270. The number of hydrogen-bond donors (Lipinski definition) is 0. The lowest BCUT2D eigenvalue weighted by Crippen LogP contribution is -2.08. The average molecular weight is 189 g/mol. The van der Waals surface area contributed by atoms with Crippen molar-refractivity contribution in [3.8, 4) is 6.07 Å². The highest BCUT2D eigenvalue weighted by molar-refractivity contribution is 8.23. The smallest absolute Gasteiger partial charge is 0.221 e. The average Bonchev–Trinajstić information content (AvgIpc) is 1.85. The van der Waals surface area contributed by atoms with Gasteiger partial charge in [0, 0.05) is 0 Å². The molecule has 0 aromatic heterocycles. The van der Waals surface area contributed by atoms with Crippen LogP contribution < -0.4 is 0 Å². The first kappa shape index (κ1) is 10.7. The lowest BCUT2D eigenvalue weighted by atomic mass is 10.5. The van der Waals surface area contributed by atoms with E-state index >= 15 is 0 Å². The van der Waals surface area contributed by atoms with Crippen LogP contribution in [-0.4, -0.2) is 15.7 Å². The number of thioether (sulfide) groups is 1. The van der Waals surface area contributed by atoms with Gasteiger partial charge in [0.2, 0.25) is 4.38 Å². The second kappa shape index (κ2) is 5.39. The zero-order chi connectivity index (χ0) is 8.85. The second-order valence-electron chi connectivity index (χ2n) is 2.31. The quantitative estimate of drug-likeness (QED) is 0.624. The van der Waals surface area contributed by atoms with Crippen molar-refractivity contribution >= 4 is 28.4 Å². The minimum Gasteiger partial charge on any atom is -0.476 e. The van der Waals surface area contributed by atoms with E-state index in [-0.39, 0.29) is 11.4 Å². The van der Waals surface area contributed by atoms with Crippen LogP contribution in [0.4, 0.5) is 0 Å². The molecular weight excluding hydrogens is 178 g/mol. The summed E-state index contributed by atoms with van der Waals surface area (Å²) in [7, 11) is 0. The van der Waals surface area contributed by atoms with Crippen molar-refractivity contribution in [1.82, 2.24) is 0 Å². The second-order valence-corrected chi connectivity index (χ2v) is 4.25. The van der Waals surface area contributed by atoms with E-state index in [1.54, 1.807) is 6.92 Å². The lowest BCUT2D eigenvalue weighted by Gasteiger charge is -2.09. The summed E-state index contributed by atoms with van der Waals surface area (Å²) >= 11 is 6.14. The predicted octanol–water partition coefficient (Wildman–Crippen LogP) is 2.34. The van der Waals surface area contributed by atoms with E-state index in [0.29, 0.717) is 4.38 Å². The summed E-state index contributed by atoms with van der Waals surface area (Å²) in [5.41, 5.74) is 0. The SMILES string of the molecule is CC(C)OC(=S)SC(C)C#N. The van der Waals surface area contributed by atoms with Gasteiger partial charge < -0.3 is 4.74 Å². The Bertz CT molecular complexity index is 174. The van der Waals surface area contributed by atoms with Crippen LogP contribution in [0.1, 0.15) is 20.8 Å². The summed E-state index contributed by atoms with van der Waals surface area (Å²) in [6, 6.07) is 2.06. The summed E-state index contributed by atoms with van der Waals surface area (Å²) in [4.78, 5) is 0. The van der Waals surface area contributed by atoms with Crippen LogP contribution in [0.5, 0.6) is 0 Å². The maximum Gasteiger partial charge on any atom is 0.221 e. The maximum atomic E-state index is 8.43. The van der Waals surface area contributed by atoms with Crippen molar-refractivity contribution in [3.63, 3.8) is 0 Å². The van der Waals surface area contributed by atoms with Gasteiger partial charge in [0.15, 0.2) is 0 Å². The first-order valence-electron chi connectivity index (χ1n) is 3.33. The summed E-state index contributed by atoms with van der Waals surface area (Å²) in [6.45, 7) is 5.61. The molecule has 0 radical (unpaired) electrons. The number of nitriles is 1. The summed E-state index contributed by atoms with van der Waals surface area (Å²) in [5, 5.41) is 8.31. The van der Waals surface area contributed by atoms with Crippen molar-refractivity contribution in [2.75, 3.05) is 0 Å². The highest BCUT2D eigenvalue weighted by Gasteiger charge is 2.06. The number of rotatable bonds is 2. The van der Waals surface area contributed by atoms with Gasteiger partial charge in [0.25, 0.3) is 0 Å². The van der Waals surface area contributed by atoms with Gasteiger partial charge in [-0.2, -0.15) is 5.26 Å².